The summed E-state index contributed by atoms with van der Waals surface area (Å²) in [6.45, 7) is 0. The van der Waals surface area contributed by atoms with Gasteiger partial charge in [0.25, 0.3) is 0 Å². The Kier molecular flexibility index (Phi) is 2.94. The molecule has 80 valence electrons. The fraction of sp³-hybridized carbons (Fsp3) is 0. The first-order valence-corrected chi connectivity index (χ1v) is 4.93. The van der Waals surface area contributed by atoms with Gasteiger partial charge in [0.15, 0.2) is 0 Å². The van der Waals surface area contributed by atoms with Crippen LogP contribution in [0, 0.1) is 0 Å². The number of benzene rings is 2. The highest BCUT2D eigenvalue weighted by molar-refractivity contribution is 6.60. The van der Waals surface area contributed by atoms with Crippen molar-refractivity contribution < 1.29 is 15.2 Å². The SMILES string of the molecule is OB(O)c1cccc(-c2ccccc2)c1O. The molecule has 16 heavy (non-hydrogen) atoms. The molecule has 2 aromatic carbocycles. The van der Waals surface area contributed by atoms with Gasteiger partial charge in [-0.3, -0.25) is 0 Å². The van der Waals surface area contributed by atoms with Gasteiger partial charge >= 0.3 is 7.12 Å². The van der Waals surface area contributed by atoms with Gasteiger partial charge in [-0.1, -0.05) is 48.5 Å². The third-order valence-electron chi connectivity index (χ3n) is 2.43. The predicted molar refractivity (Wildman–Crippen MR) is 63.4 cm³/mol. The zero-order chi connectivity index (χ0) is 11.5. The van der Waals surface area contributed by atoms with Crippen molar-refractivity contribution in [3.8, 4) is 16.9 Å². The van der Waals surface area contributed by atoms with Crippen molar-refractivity contribution in [2.75, 3.05) is 0 Å². The van der Waals surface area contributed by atoms with E-state index in [0.717, 1.165) is 5.56 Å². The molecule has 0 saturated heterocycles. The molecule has 0 bridgehead atoms. The maximum Gasteiger partial charge on any atom is 0.492 e. The number of phenolic OH excluding ortho intramolecular Hbond substituents is 1. The molecule has 3 N–H and O–H groups in total. The van der Waals surface area contributed by atoms with Gasteiger partial charge in [0.2, 0.25) is 0 Å². The zero-order valence-corrected chi connectivity index (χ0v) is 8.54. The lowest BCUT2D eigenvalue weighted by Crippen LogP contribution is -2.30. The van der Waals surface area contributed by atoms with Crippen molar-refractivity contribution in [2.45, 2.75) is 0 Å². The minimum atomic E-state index is -1.66. The van der Waals surface area contributed by atoms with Crippen LogP contribution < -0.4 is 5.46 Å². The van der Waals surface area contributed by atoms with Crippen LogP contribution in [-0.2, 0) is 0 Å². The largest absolute Gasteiger partial charge is 0.508 e. The van der Waals surface area contributed by atoms with Crippen LogP contribution in [0.3, 0.4) is 0 Å². The van der Waals surface area contributed by atoms with E-state index in [4.69, 9.17) is 10.0 Å². The monoisotopic (exact) mass is 214 g/mol. The number of phenols is 1. The van der Waals surface area contributed by atoms with Crippen LogP contribution in [0.1, 0.15) is 0 Å². The van der Waals surface area contributed by atoms with Crippen LogP contribution in [0.25, 0.3) is 11.1 Å². The van der Waals surface area contributed by atoms with E-state index in [1.807, 2.05) is 30.3 Å². The van der Waals surface area contributed by atoms with Crippen LogP contribution in [0.4, 0.5) is 0 Å². The summed E-state index contributed by atoms with van der Waals surface area (Å²) in [6.07, 6.45) is 0. The van der Waals surface area contributed by atoms with E-state index in [-0.39, 0.29) is 11.2 Å². The fourth-order valence-electron chi connectivity index (χ4n) is 1.62. The Morgan fingerprint density at radius 1 is 0.812 bits per heavy atom. The van der Waals surface area contributed by atoms with E-state index in [0.29, 0.717) is 5.56 Å². The maximum atomic E-state index is 9.89. The maximum absolute atomic E-state index is 9.89. The second-order valence-corrected chi connectivity index (χ2v) is 3.48. The Hall–Kier alpha value is -1.78. The molecule has 2 aromatic rings. The summed E-state index contributed by atoms with van der Waals surface area (Å²) in [5.74, 6) is -0.0938. The first kappa shape index (κ1) is 10.7. The van der Waals surface area contributed by atoms with Gasteiger partial charge in [-0.15, -0.1) is 0 Å². The third kappa shape index (κ3) is 1.93. The summed E-state index contributed by atoms with van der Waals surface area (Å²) in [6, 6.07) is 14.2. The van der Waals surface area contributed by atoms with Crippen molar-refractivity contribution in [3.05, 3.63) is 48.5 Å². The standard InChI is InChI=1S/C12H11BO3/c14-12-10(9-5-2-1-3-6-9)7-4-8-11(12)13(15)16/h1-8,14-16H. The highest BCUT2D eigenvalue weighted by atomic mass is 16.4. The van der Waals surface area contributed by atoms with Crippen molar-refractivity contribution >= 4 is 12.6 Å². The van der Waals surface area contributed by atoms with Gasteiger partial charge in [-0.25, -0.2) is 0 Å². The van der Waals surface area contributed by atoms with Crippen LogP contribution >= 0.6 is 0 Å². The van der Waals surface area contributed by atoms with Crippen LogP contribution in [0.5, 0.6) is 5.75 Å². The van der Waals surface area contributed by atoms with E-state index >= 15 is 0 Å². The summed E-state index contributed by atoms with van der Waals surface area (Å²) in [5.41, 5.74) is 1.54. The van der Waals surface area contributed by atoms with E-state index in [1.165, 1.54) is 6.07 Å². The van der Waals surface area contributed by atoms with E-state index in [9.17, 15) is 5.11 Å². The average molecular weight is 214 g/mol. The molecule has 0 unspecified atom stereocenters. The highest BCUT2D eigenvalue weighted by Gasteiger charge is 2.18. The van der Waals surface area contributed by atoms with Gasteiger partial charge in [0, 0.05) is 11.0 Å². The fourth-order valence-corrected chi connectivity index (χ4v) is 1.62. The molecule has 0 aliphatic heterocycles. The molecule has 0 fully saturated rings. The van der Waals surface area contributed by atoms with Crippen molar-refractivity contribution in [2.24, 2.45) is 0 Å². The topological polar surface area (TPSA) is 60.7 Å². The lowest BCUT2D eigenvalue weighted by atomic mass is 9.78. The Morgan fingerprint density at radius 3 is 2.12 bits per heavy atom. The smallest absolute Gasteiger partial charge is 0.492 e. The summed E-state index contributed by atoms with van der Waals surface area (Å²) in [7, 11) is -1.66. The molecule has 0 amide bonds. The number of rotatable bonds is 2. The van der Waals surface area contributed by atoms with Crippen LogP contribution in [-0.4, -0.2) is 22.3 Å². The number of hydrogen-bond donors (Lipinski definition) is 3. The minimum Gasteiger partial charge on any atom is -0.508 e. The summed E-state index contributed by atoms with van der Waals surface area (Å²) in [4.78, 5) is 0. The molecular formula is C12H11BO3. The second kappa shape index (κ2) is 4.39. The predicted octanol–water partition coefficient (Wildman–Crippen LogP) is 0.739. The highest BCUT2D eigenvalue weighted by Crippen LogP contribution is 2.26. The number of aromatic hydroxyl groups is 1. The lowest BCUT2D eigenvalue weighted by Gasteiger charge is -2.09. The molecule has 2 rings (SSSR count). The first-order chi connectivity index (χ1) is 7.70. The molecule has 3 nitrogen and oxygen atoms in total. The molecule has 0 heterocycles. The molecule has 0 atom stereocenters. The van der Waals surface area contributed by atoms with E-state index in [2.05, 4.69) is 0 Å². The molecule has 0 saturated carbocycles. The first-order valence-electron chi connectivity index (χ1n) is 4.93. The lowest BCUT2D eigenvalue weighted by molar-refractivity contribution is 0.420. The van der Waals surface area contributed by atoms with Crippen LogP contribution in [0.2, 0.25) is 0 Å². The molecule has 0 aromatic heterocycles. The average Bonchev–Trinajstić information content (AvgIpc) is 2.30. The van der Waals surface area contributed by atoms with Crippen molar-refractivity contribution in [1.82, 2.24) is 0 Å². The summed E-state index contributed by atoms with van der Waals surface area (Å²) < 4.78 is 0. The van der Waals surface area contributed by atoms with Gasteiger partial charge in [0.1, 0.15) is 5.75 Å². The molecule has 0 radical (unpaired) electrons. The normalized spacial score (nSPS) is 10.1. The summed E-state index contributed by atoms with van der Waals surface area (Å²) >= 11 is 0. The zero-order valence-electron chi connectivity index (χ0n) is 8.54. The third-order valence-corrected chi connectivity index (χ3v) is 2.43. The molecule has 0 aliphatic rings. The molecule has 4 heteroatoms. The minimum absolute atomic E-state index is 0.0938. The second-order valence-electron chi connectivity index (χ2n) is 3.48. The van der Waals surface area contributed by atoms with Crippen LogP contribution in [0.15, 0.2) is 48.5 Å². The molecule has 0 aliphatic carbocycles. The van der Waals surface area contributed by atoms with Gasteiger partial charge in [-0.05, 0) is 5.56 Å². The Morgan fingerprint density at radius 2 is 1.50 bits per heavy atom. The van der Waals surface area contributed by atoms with Crippen molar-refractivity contribution in [3.63, 3.8) is 0 Å². The Labute approximate surface area is 93.8 Å². The van der Waals surface area contributed by atoms with E-state index in [1.54, 1.807) is 12.1 Å². The van der Waals surface area contributed by atoms with Gasteiger partial charge in [0.05, 0.1) is 0 Å². The quantitative estimate of drug-likeness (QED) is 0.646. The molecule has 0 spiro atoms. The Balaban J connectivity index is 2.55. The number of hydrogen-bond acceptors (Lipinski definition) is 3. The van der Waals surface area contributed by atoms with Gasteiger partial charge < -0.3 is 15.2 Å². The van der Waals surface area contributed by atoms with E-state index < -0.39 is 7.12 Å². The van der Waals surface area contributed by atoms with Crippen molar-refractivity contribution in [1.29, 1.82) is 0 Å². The van der Waals surface area contributed by atoms with Gasteiger partial charge in [-0.2, -0.15) is 0 Å². The molecular weight excluding hydrogens is 203 g/mol. The number of para-hydroxylation sites is 1. The summed E-state index contributed by atoms with van der Waals surface area (Å²) in [5, 5.41) is 28.0. The Bertz CT molecular complexity index is 483.